The van der Waals surface area contributed by atoms with Gasteiger partial charge in [0.05, 0.1) is 6.54 Å². The summed E-state index contributed by atoms with van der Waals surface area (Å²) in [6, 6.07) is 0.817. The van der Waals surface area contributed by atoms with Gasteiger partial charge in [-0.25, -0.2) is 9.18 Å². The SMILES string of the molecule is O=C(NCc1cncc(Br)c1)C1CC(F)CN1C(=O)O. The molecule has 20 heavy (non-hydrogen) atoms. The van der Waals surface area contributed by atoms with Gasteiger partial charge in [0.15, 0.2) is 0 Å². The van der Waals surface area contributed by atoms with Crippen LogP contribution in [0, 0.1) is 0 Å². The van der Waals surface area contributed by atoms with E-state index in [-0.39, 0.29) is 19.5 Å². The fraction of sp³-hybridized carbons (Fsp3) is 0.417. The summed E-state index contributed by atoms with van der Waals surface area (Å²) in [4.78, 5) is 27.7. The summed E-state index contributed by atoms with van der Waals surface area (Å²) in [5, 5.41) is 11.5. The number of aromatic nitrogens is 1. The first-order valence-corrected chi connectivity index (χ1v) is 6.77. The number of pyridine rings is 1. The van der Waals surface area contributed by atoms with Crippen molar-refractivity contribution in [3.05, 3.63) is 28.5 Å². The van der Waals surface area contributed by atoms with E-state index >= 15 is 0 Å². The highest BCUT2D eigenvalue weighted by Gasteiger charge is 2.39. The van der Waals surface area contributed by atoms with Crippen LogP contribution in [0.5, 0.6) is 0 Å². The van der Waals surface area contributed by atoms with E-state index in [1.165, 1.54) is 0 Å². The number of nitrogens with zero attached hydrogens (tertiary/aromatic N) is 2. The summed E-state index contributed by atoms with van der Waals surface area (Å²) in [7, 11) is 0. The molecule has 2 atom stereocenters. The lowest BCUT2D eigenvalue weighted by atomic mass is 10.2. The predicted octanol–water partition coefficient (Wildman–Crippen LogP) is 1.55. The molecule has 8 heteroatoms. The number of likely N-dealkylation sites (tertiary alicyclic amines) is 1. The first kappa shape index (κ1) is 14.7. The minimum absolute atomic E-state index is 0.102. The molecule has 108 valence electrons. The fourth-order valence-corrected chi connectivity index (χ4v) is 2.52. The maximum Gasteiger partial charge on any atom is 0.408 e. The van der Waals surface area contributed by atoms with Crippen LogP contribution in [0.25, 0.3) is 0 Å². The van der Waals surface area contributed by atoms with Crippen LogP contribution >= 0.6 is 15.9 Å². The van der Waals surface area contributed by atoms with Crippen LogP contribution in [0.3, 0.4) is 0 Å². The first-order chi connectivity index (χ1) is 9.47. The van der Waals surface area contributed by atoms with Gasteiger partial charge < -0.3 is 10.4 Å². The molecule has 2 N–H and O–H groups in total. The van der Waals surface area contributed by atoms with Gasteiger partial charge in [0.25, 0.3) is 0 Å². The quantitative estimate of drug-likeness (QED) is 0.870. The molecular weight excluding hydrogens is 333 g/mol. The molecule has 0 saturated carbocycles. The predicted molar refractivity (Wildman–Crippen MR) is 71.8 cm³/mol. The molecule has 1 aliphatic heterocycles. The smallest absolute Gasteiger partial charge is 0.408 e. The number of carbonyl (C=O) groups excluding carboxylic acids is 1. The van der Waals surface area contributed by atoms with Crippen LogP contribution < -0.4 is 5.32 Å². The molecule has 1 fully saturated rings. The number of amides is 2. The number of nitrogens with one attached hydrogen (secondary N) is 1. The molecule has 0 bridgehead atoms. The Bertz CT molecular complexity index is 528. The van der Waals surface area contributed by atoms with E-state index in [0.29, 0.717) is 0 Å². The Morgan fingerprint density at radius 2 is 2.30 bits per heavy atom. The molecule has 0 aromatic carbocycles. The number of carboxylic acid groups (broad SMARTS) is 1. The zero-order valence-electron chi connectivity index (χ0n) is 10.4. The second-order valence-corrected chi connectivity index (χ2v) is 5.43. The second kappa shape index (κ2) is 6.17. The third kappa shape index (κ3) is 3.44. The van der Waals surface area contributed by atoms with Gasteiger partial charge in [0, 0.05) is 29.8 Å². The highest BCUT2D eigenvalue weighted by molar-refractivity contribution is 9.10. The molecule has 2 heterocycles. The van der Waals surface area contributed by atoms with Crippen LogP contribution in [0.15, 0.2) is 22.9 Å². The number of hydrogen-bond donors (Lipinski definition) is 2. The van der Waals surface area contributed by atoms with E-state index in [1.54, 1.807) is 18.5 Å². The Kier molecular flexibility index (Phi) is 4.53. The standard InChI is InChI=1S/C12H13BrFN3O3/c13-8-1-7(3-15-5-8)4-16-11(18)10-2-9(14)6-17(10)12(19)20/h1,3,5,9-10H,2,4,6H2,(H,16,18)(H,19,20). The van der Waals surface area contributed by atoms with Crippen LogP contribution in [-0.4, -0.2) is 45.7 Å². The fourth-order valence-electron chi connectivity index (χ4n) is 2.10. The van der Waals surface area contributed by atoms with E-state index < -0.39 is 24.2 Å². The zero-order chi connectivity index (χ0) is 14.7. The monoisotopic (exact) mass is 345 g/mol. The van der Waals surface area contributed by atoms with Gasteiger partial charge in [-0.1, -0.05) is 0 Å². The topological polar surface area (TPSA) is 82.5 Å². The Morgan fingerprint density at radius 1 is 1.55 bits per heavy atom. The van der Waals surface area contributed by atoms with E-state index in [2.05, 4.69) is 26.2 Å². The Hall–Kier alpha value is -1.70. The molecule has 6 nitrogen and oxygen atoms in total. The Morgan fingerprint density at radius 3 is 2.95 bits per heavy atom. The summed E-state index contributed by atoms with van der Waals surface area (Å²) in [6.07, 6.45) is 0.521. The molecule has 0 radical (unpaired) electrons. The molecule has 1 aromatic heterocycles. The maximum atomic E-state index is 13.3. The summed E-state index contributed by atoms with van der Waals surface area (Å²) in [5.74, 6) is -0.493. The van der Waals surface area contributed by atoms with E-state index in [0.717, 1.165) is 14.9 Å². The molecule has 2 unspecified atom stereocenters. The average Bonchev–Trinajstić information content (AvgIpc) is 2.78. The van der Waals surface area contributed by atoms with Gasteiger partial charge in [0.1, 0.15) is 12.2 Å². The third-order valence-corrected chi connectivity index (χ3v) is 3.46. The molecule has 2 rings (SSSR count). The van der Waals surface area contributed by atoms with Crippen LogP contribution in [0.2, 0.25) is 0 Å². The number of halogens is 2. The van der Waals surface area contributed by atoms with Crippen molar-refractivity contribution in [2.24, 2.45) is 0 Å². The van der Waals surface area contributed by atoms with Crippen LogP contribution in [-0.2, 0) is 11.3 Å². The van der Waals surface area contributed by atoms with Crippen molar-refractivity contribution >= 4 is 27.9 Å². The second-order valence-electron chi connectivity index (χ2n) is 4.51. The largest absolute Gasteiger partial charge is 0.465 e. The van der Waals surface area contributed by atoms with E-state index in [9.17, 15) is 14.0 Å². The average molecular weight is 346 g/mol. The Labute approximate surface area is 123 Å². The van der Waals surface area contributed by atoms with Crippen LogP contribution in [0.1, 0.15) is 12.0 Å². The number of hydrogen-bond acceptors (Lipinski definition) is 3. The van der Waals surface area contributed by atoms with E-state index in [4.69, 9.17) is 5.11 Å². The molecule has 1 aliphatic rings. The van der Waals surface area contributed by atoms with Crippen LogP contribution in [0.4, 0.5) is 9.18 Å². The lowest BCUT2D eigenvalue weighted by Gasteiger charge is -2.20. The number of carbonyl (C=O) groups is 2. The lowest BCUT2D eigenvalue weighted by Crippen LogP contribution is -2.45. The summed E-state index contributed by atoms with van der Waals surface area (Å²) in [5.41, 5.74) is 0.768. The summed E-state index contributed by atoms with van der Waals surface area (Å²) < 4.78 is 14.0. The molecular formula is C12H13BrFN3O3. The van der Waals surface area contributed by atoms with Gasteiger partial charge in [0.2, 0.25) is 5.91 Å². The highest BCUT2D eigenvalue weighted by atomic mass is 79.9. The first-order valence-electron chi connectivity index (χ1n) is 5.98. The molecule has 0 aliphatic carbocycles. The highest BCUT2D eigenvalue weighted by Crippen LogP contribution is 2.20. The van der Waals surface area contributed by atoms with Crippen molar-refractivity contribution in [3.63, 3.8) is 0 Å². The lowest BCUT2D eigenvalue weighted by molar-refractivity contribution is -0.125. The van der Waals surface area contributed by atoms with Crippen molar-refractivity contribution in [2.45, 2.75) is 25.2 Å². The van der Waals surface area contributed by atoms with Crippen molar-refractivity contribution < 1.29 is 19.1 Å². The van der Waals surface area contributed by atoms with Crippen molar-refractivity contribution in [1.82, 2.24) is 15.2 Å². The minimum Gasteiger partial charge on any atom is -0.465 e. The van der Waals surface area contributed by atoms with Gasteiger partial charge in [-0.15, -0.1) is 0 Å². The molecule has 1 aromatic rings. The maximum absolute atomic E-state index is 13.3. The molecule has 2 amide bonds. The molecule has 1 saturated heterocycles. The summed E-state index contributed by atoms with van der Waals surface area (Å²) >= 11 is 3.26. The van der Waals surface area contributed by atoms with Gasteiger partial charge in [-0.05, 0) is 27.6 Å². The summed E-state index contributed by atoms with van der Waals surface area (Å²) in [6.45, 7) is -0.0436. The normalized spacial score (nSPS) is 21.8. The van der Waals surface area contributed by atoms with Gasteiger partial charge >= 0.3 is 6.09 Å². The molecule has 0 spiro atoms. The van der Waals surface area contributed by atoms with Crippen molar-refractivity contribution in [1.29, 1.82) is 0 Å². The van der Waals surface area contributed by atoms with E-state index in [1.807, 2.05) is 0 Å². The number of alkyl halides is 1. The van der Waals surface area contributed by atoms with Crippen molar-refractivity contribution in [3.8, 4) is 0 Å². The Balaban J connectivity index is 1.96. The number of rotatable bonds is 3. The zero-order valence-corrected chi connectivity index (χ0v) is 12.0. The van der Waals surface area contributed by atoms with Gasteiger partial charge in [-0.2, -0.15) is 0 Å². The minimum atomic E-state index is -1.30. The van der Waals surface area contributed by atoms with Gasteiger partial charge in [-0.3, -0.25) is 14.7 Å². The third-order valence-electron chi connectivity index (χ3n) is 3.03. The van der Waals surface area contributed by atoms with Crippen molar-refractivity contribution in [2.75, 3.05) is 6.54 Å².